The molecule has 0 aromatic heterocycles. The Hall–Kier alpha value is -1.61. The van der Waals surface area contributed by atoms with Crippen molar-refractivity contribution in [1.82, 2.24) is 0 Å². The maximum atomic E-state index is 5.82. The fourth-order valence-electron chi connectivity index (χ4n) is 1.90. The van der Waals surface area contributed by atoms with Gasteiger partial charge in [0.05, 0.1) is 11.6 Å². The van der Waals surface area contributed by atoms with Crippen LogP contribution in [0.5, 0.6) is 5.75 Å². The van der Waals surface area contributed by atoms with Crippen molar-refractivity contribution < 1.29 is 4.74 Å². The van der Waals surface area contributed by atoms with Gasteiger partial charge in [0.15, 0.2) is 0 Å². The van der Waals surface area contributed by atoms with Crippen LogP contribution in [0, 0.1) is 0 Å². The number of fused-ring (bicyclic) bond motifs is 1. The topological polar surface area (TPSA) is 35.2 Å². The molecule has 18 heavy (non-hydrogen) atoms. The van der Waals surface area contributed by atoms with Crippen LogP contribution in [0.25, 0.3) is 10.8 Å². The van der Waals surface area contributed by atoms with Crippen molar-refractivity contribution in [1.29, 1.82) is 0 Å². The van der Waals surface area contributed by atoms with Crippen LogP contribution >= 0.6 is 12.2 Å². The third-order valence-electron chi connectivity index (χ3n) is 2.82. The summed E-state index contributed by atoms with van der Waals surface area (Å²) in [6.07, 6.45) is 2.76. The average molecular weight is 259 g/mol. The summed E-state index contributed by atoms with van der Waals surface area (Å²) in [6.45, 7) is 0.705. The maximum Gasteiger partial charge on any atom is 0.127 e. The van der Waals surface area contributed by atoms with Gasteiger partial charge < -0.3 is 10.5 Å². The van der Waals surface area contributed by atoms with Gasteiger partial charge >= 0.3 is 0 Å². The summed E-state index contributed by atoms with van der Waals surface area (Å²) in [4.78, 5) is 0.583. The molecular formula is C15H17NOS. The molecule has 0 saturated carbocycles. The first-order valence-electron chi connectivity index (χ1n) is 6.16. The highest BCUT2D eigenvalue weighted by atomic mass is 32.1. The van der Waals surface area contributed by atoms with E-state index in [9.17, 15) is 0 Å². The largest absolute Gasteiger partial charge is 0.493 e. The number of hydrogen-bond acceptors (Lipinski definition) is 2. The number of nitrogens with two attached hydrogens (primary N) is 1. The Labute approximate surface area is 113 Å². The molecule has 0 aliphatic heterocycles. The van der Waals surface area contributed by atoms with Crippen molar-refractivity contribution in [3.05, 3.63) is 42.5 Å². The molecule has 0 unspecified atom stereocenters. The van der Waals surface area contributed by atoms with Crippen molar-refractivity contribution >= 4 is 28.0 Å². The summed E-state index contributed by atoms with van der Waals surface area (Å²) < 4.78 is 5.82. The first-order valence-corrected chi connectivity index (χ1v) is 6.57. The van der Waals surface area contributed by atoms with E-state index in [0.29, 0.717) is 11.6 Å². The Balaban J connectivity index is 1.93. The monoisotopic (exact) mass is 259 g/mol. The first kappa shape index (κ1) is 12.8. The molecule has 2 aromatic carbocycles. The molecule has 3 heteroatoms. The van der Waals surface area contributed by atoms with Gasteiger partial charge in [-0.2, -0.15) is 0 Å². The van der Waals surface area contributed by atoms with Gasteiger partial charge in [0.1, 0.15) is 5.75 Å². The standard InChI is InChI=1S/C15H17NOS/c16-15(18)10-3-4-11-17-14-9-5-7-12-6-1-2-8-13(12)14/h1-2,5-9H,3-4,10-11H2,(H2,16,18). The van der Waals surface area contributed by atoms with Gasteiger partial charge in [-0.25, -0.2) is 0 Å². The second-order valence-electron chi connectivity index (χ2n) is 4.25. The van der Waals surface area contributed by atoms with Crippen LogP contribution in [-0.2, 0) is 0 Å². The minimum absolute atomic E-state index is 0.583. The van der Waals surface area contributed by atoms with Gasteiger partial charge in [0.25, 0.3) is 0 Å². The van der Waals surface area contributed by atoms with E-state index in [0.717, 1.165) is 30.4 Å². The number of unbranched alkanes of at least 4 members (excludes halogenated alkanes) is 1. The molecule has 0 fully saturated rings. The lowest BCUT2D eigenvalue weighted by Gasteiger charge is -2.09. The van der Waals surface area contributed by atoms with Crippen LogP contribution in [0.4, 0.5) is 0 Å². The highest BCUT2D eigenvalue weighted by Gasteiger charge is 2.00. The van der Waals surface area contributed by atoms with Crippen LogP contribution in [0.2, 0.25) is 0 Å². The number of rotatable bonds is 6. The minimum atomic E-state index is 0.583. The zero-order chi connectivity index (χ0) is 12.8. The zero-order valence-electron chi connectivity index (χ0n) is 10.3. The SMILES string of the molecule is NC(=S)CCCCOc1cccc2ccccc12. The zero-order valence-corrected chi connectivity index (χ0v) is 11.1. The Morgan fingerprint density at radius 1 is 1.06 bits per heavy atom. The van der Waals surface area contributed by atoms with Gasteiger partial charge in [-0.1, -0.05) is 48.6 Å². The molecule has 0 saturated heterocycles. The fraction of sp³-hybridized carbons (Fsp3) is 0.267. The molecule has 0 atom stereocenters. The predicted octanol–water partition coefficient (Wildman–Crippen LogP) is 3.68. The van der Waals surface area contributed by atoms with Crippen LogP contribution in [0.15, 0.2) is 42.5 Å². The fourth-order valence-corrected chi connectivity index (χ4v) is 2.05. The van der Waals surface area contributed by atoms with E-state index in [1.165, 1.54) is 5.39 Å². The second kappa shape index (κ2) is 6.36. The summed E-state index contributed by atoms with van der Waals surface area (Å²) in [5.41, 5.74) is 5.45. The van der Waals surface area contributed by atoms with E-state index in [4.69, 9.17) is 22.7 Å². The molecule has 2 nitrogen and oxygen atoms in total. The Morgan fingerprint density at radius 3 is 2.67 bits per heavy atom. The van der Waals surface area contributed by atoms with Crippen molar-refractivity contribution in [3.8, 4) is 5.75 Å². The number of ether oxygens (including phenoxy) is 1. The summed E-state index contributed by atoms with van der Waals surface area (Å²) in [5, 5.41) is 2.37. The van der Waals surface area contributed by atoms with Crippen molar-refractivity contribution in [2.75, 3.05) is 6.61 Å². The van der Waals surface area contributed by atoms with Crippen LogP contribution < -0.4 is 10.5 Å². The molecular weight excluding hydrogens is 242 g/mol. The maximum absolute atomic E-state index is 5.82. The van der Waals surface area contributed by atoms with E-state index in [1.807, 2.05) is 24.3 Å². The van der Waals surface area contributed by atoms with Crippen molar-refractivity contribution in [2.24, 2.45) is 5.73 Å². The quantitative estimate of drug-likeness (QED) is 0.635. The molecule has 0 spiro atoms. The summed E-state index contributed by atoms with van der Waals surface area (Å²) >= 11 is 4.84. The smallest absolute Gasteiger partial charge is 0.127 e. The highest BCUT2D eigenvalue weighted by molar-refractivity contribution is 7.80. The van der Waals surface area contributed by atoms with Crippen LogP contribution in [0.1, 0.15) is 19.3 Å². The highest BCUT2D eigenvalue weighted by Crippen LogP contribution is 2.25. The molecule has 0 heterocycles. The summed E-state index contributed by atoms with van der Waals surface area (Å²) in [7, 11) is 0. The lowest BCUT2D eigenvalue weighted by molar-refractivity contribution is 0.311. The van der Waals surface area contributed by atoms with E-state index in [2.05, 4.69) is 18.2 Å². The normalized spacial score (nSPS) is 10.4. The minimum Gasteiger partial charge on any atom is -0.493 e. The summed E-state index contributed by atoms with van der Waals surface area (Å²) in [6, 6.07) is 14.4. The molecule has 2 rings (SSSR count). The Bertz CT molecular complexity index is 534. The Kier molecular flexibility index (Phi) is 4.53. The van der Waals surface area contributed by atoms with Gasteiger partial charge in [-0.05, 0) is 30.7 Å². The predicted molar refractivity (Wildman–Crippen MR) is 80.1 cm³/mol. The van der Waals surface area contributed by atoms with Gasteiger partial charge in [0, 0.05) is 5.39 Å². The van der Waals surface area contributed by atoms with Crippen LogP contribution in [0.3, 0.4) is 0 Å². The number of thiocarbonyl (C=S) groups is 1. The molecule has 0 amide bonds. The summed E-state index contributed by atoms with van der Waals surface area (Å²) in [5.74, 6) is 0.948. The molecule has 0 aliphatic rings. The third-order valence-corrected chi connectivity index (χ3v) is 3.03. The second-order valence-corrected chi connectivity index (χ2v) is 4.77. The number of benzene rings is 2. The molecule has 2 N–H and O–H groups in total. The van der Waals surface area contributed by atoms with Gasteiger partial charge in [0.2, 0.25) is 0 Å². The van der Waals surface area contributed by atoms with E-state index < -0.39 is 0 Å². The first-order chi connectivity index (χ1) is 8.77. The van der Waals surface area contributed by atoms with Crippen LogP contribution in [-0.4, -0.2) is 11.6 Å². The van der Waals surface area contributed by atoms with E-state index in [-0.39, 0.29) is 0 Å². The molecule has 2 aromatic rings. The molecule has 0 radical (unpaired) electrons. The number of hydrogen-bond donors (Lipinski definition) is 1. The van der Waals surface area contributed by atoms with E-state index in [1.54, 1.807) is 0 Å². The van der Waals surface area contributed by atoms with Gasteiger partial charge in [-0.15, -0.1) is 0 Å². The Morgan fingerprint density at radius 2 is 1.83 bits per heavy atom. The molecule has 94 valence electrons. The third kappa shape index (κ3) is 3.44. The van der Waals surface area contributed by atoms with Crippen molar-refractivity contribution in [3.63, 3.8) is 0 Å². The van der Waals surface area contributed by atoms with E-state index >= 15 is 0 Å². The average Bonchev–Trinajstić information content (AvgIpc) is 2.38. The molecule has 0 aliphatic carbocycles. The van der Waals surface area contributed by atoms with Gasteiger partial charge in [-0.3, -0.25) is 0 Å². The lowest BCUT2D eigenvalue weighted by atomic mass is 10.1. The molecule has 0 bridgehead atoms. The van der Waals surface area contributed by atoms with Crippen molar-refractivity contribution in [2.45, 2.75) is 19.3 Å². The lowest BCUT2D eigenvalue weighted by Crippen LogP contribution is -2.08.